The molecule has 1 fully saturated rings. The van der Waals surface area contributed by atoms with E-state index in [2.05, 4.69) is 22.4 Å². The van der Waals surface area contributed by atoms with Crippen molar-refractivity contribution in [3.05, 3.63) is 5.01 Å². The Bertz CT molecular complexity index is 373. The highest BCUT2D eigenvalue weighted by Crippen LogP contribution is 2.42. The number of carbonyl (C=O) groups is 1. The molecule has 0 aliphatic heterocycles. The Kier molecular flexibility index (Phi) is 3.53. The van der Waals surface area contributed by atoms with Crippen LogP contribution in [-0.4, -0.2) is 16.1 Å². The molecule has 1 saturated carbocycles. The second-order valence-electron chi connectivity index (χ2n) is 4.40. The van der Waals surface area contributed by atoms with Gasteiger partial charge in [-0.15, -0.1) is 10.2 Å². The SMILES string of the molecule is CCC[C@H](C)C(=O)Nc1nnc(C2CC2)s1. The molecular weight excluding hydrogens is 222 g/mol. The Labute approximate surface area is 99.5 Å². The third kappa shape index (κ3) is 2.78. The van der Waals surface area contributed by atoms with Gasteiger partial charge in [0.2, 0.25) is 11.0 Å². The van der Waals surface area contributed by atoms with Crippen molar-refractivity contribution in [2.24, 2.45) is 5.92 Å². The lowest BCUT2D eigenvalue weighted by Gasteiger charge is -2.07. The third-order valence-electron chi connectivity index (χ3n) is 2.77. The quantitative estimate of drug-likeness (QED) is 0.859. The van der Waals surface area contributed by atoms with Crippen molar-refractivity contribution in [1.29, 1.82) is 0 Å². The Morgan fingerprint density at radius 1 is 1.56 bits per heavy atom. The summed E-state index contributed by atoms with van der Waals surface area (Å²) in [4.78, 5) is 11.7. The van der Waals surface area contributed by atoms with E-state index in [0.29, 0.717) is 11.0 Å². The van der Waals surface area contributed by atoms with Crippen molar-refractivity contribution in [2.45, 2.75) is 45.4 Å². The van der Waals surface area contributed by atoms with Gasteiger partial charge >= 0.3 is 0 Å². The van der Waals surface area contributed by atoms with Gasteiger partial charge in [0, 0.05) is 11.8 Å². The second kappa shape index (κ2) is 4.91. The summed E-state index contributed by atoms with van der Waals surface area (Å²) >= 11 is 1.51. The highest BCUT2D eigenvalue weighted by atomic mass is 32.1. The molecule has 1 aromatic heterocycles. The summed E-state index contributed by atoms with van der Waals surface area (Å²) in [5.41, 5.74) is 0. The van der Waals surface area contributed by atoms with Crippen LogP contribution in [0.2, 0.25) is 0 Å². The van der Waals surface area contributed by atoms with Crippen molar-refractivity contribution in [2.75, 3.05) is 5.32 Å². The van der Waals surface area contributed by atoms with Crippen molar-refractivity contribution < 1.29 is 4.79 Å². The van der Waals surface area contributed by atoms with Gasteiger partial charge in [-0.1, -0.05) is 31.6 Å². The fourth-order valence-corrected chi connectivity index (χ4v) is 2.49. The topological polar surface area (TPSA) is 54.9 Å². The predicted octanol–water partition coefficient (Wildman–Crippen LogP) is 2.79. The van der Waals surface area contributed by atoms with Crippen molar-refractivity contribution in [1.82, 2.24) is 10.2 Å². The summed E-state index contributed by atoms with van der Waals surface area (Å²) in [5.74, 6) is 0.717. The standard InChI is InChI=1S/C11H17N3OS/c1-3-4-7(2)9(15)12-11-14-13-10(16-11)8-5-6-8/h7-8H,3-6H2,1-2H3,(H,12,14,15)/t7-/m0/s1. The average Bonchev–Trinajstić information content (AvgIpc) is 3.01. The van der Waals surface area contributed by atoms with Crippen LogP contribution in [0.15, 0.2) is 0 Å². The molecule has 0 aromatic carbocycles. The maximum Gasteiger partial charge on any atom is 0.229 e. The zero-order valence-electron chi connectivity index (χ0n) is 9.69. The molecule has 0 bridgehead atoms. The minimum Gasteiger partial charge on any atom is -0.300 e. The number of hydrogen-bond acceptors (Lipinski definition) is 4. The Balaban J connectivity index is 1.89. The van der Waals surface area contributed by atoms with Crippen LogP contribution in [0.5, 0.6) is 0 Å². The number of amides is 1. The van der Waals surface area contributed by atoms with E-state index < -0.39 is 0 Å². The van der Waals surface area contributed by atoms with Crippen LogP contribution in [0, 0.1) is 5.92 Å². The van der Waals surface area contributed by atoms with Gasteiger partial charge in [-0.3, -0.25) is 4.79 Å². The lowest BCUT2D eigenvalue weighted by Crippen LogP contribution is -2.20. The third-order valence-corrected chi connectivity index (χ3v) is 3.77. The van der Waals surface area contributed by atoms with Crippen LogP contribution >= 0.6 is 11.3 Å². The minimum atomic E-state index is 0.0540. The van der Waals surface area contributed by atoms with Crippen LogP contribution in [-0.2, 0) is 4.79 Å². The first-order valence-electron chi connectivity index (χ1n) is 5.85. The summed E-state index contributed by atoms with van der Waals surface area (Å²) in [5, 5.41) is 12.6. The van der Waals surface area contributed by atoms with Gasteiger partial charge in [-0.05, 0) is 19.3 Å². The Hall–Kier alpha value is -0.970. The van der Waals surface area contributed by atoms with E-state index >= 15 is 0 Å². The molecule has 1 aromatic rings. The number of carbonyl (C=O) groups excluding carboxylic acids is 1. The highest BCUT2D eigenvalue weighted by Gasteiger charge is 2.27. The molecule has 2 rings (SSSR count). The molecule has 0 unspecified atom stereocenters. The summed E-state index contributed by atoms with van der Waals surface area (Å²) in [6, 6.07) is 0. The predicted molar refractivity (Wildman–Crippen MR) is 64.6 cm³/mol. The van der Waals surface area contributed by atoms with Crippen LogP contribution in [0.25, 0.3) is 0 Å². The van der Waals surface area contributed by atoms with Crippen LogP contribution < -0.4 is 5.32 Å². The molecule has 5 heteroatoms. The van der Waals surface area contributed by atoms with Gasteiger partial charge in [-0.25, -0.2) is 0 Å². The average molecular weight is 239 g/mol. The van der Waals surface area contributed by atoms with Crippen molar-refractivity contribution in [3.63, 3.8) is 0 Å². The first-order valence-corrected chi connectivity index (χ1v) is 6.66. The second-order valence-corrected chi connectivity index (χ2v) is 5.41. The normalized spacial score (nSPS) is 17.1. The highest BCUT2D eigenvalue weighted by molar-refractivity contribution is 7.15. The van der Waals surface area contributed by atoms with E-state index in [1.165, 1.54) is 24.2 Å². The molecule has 1 aliphatic carbocycles. The van der Waals surface area contributed by atoms with Gasteiger partial charge in [0.05, 0.1) is 0 Å². The largest absolute Gasteiger partial charge is 0.300 e. The summed E-state index contributed by atoms with van der Waals surface area (Å²) in [6.45, 7) is 4.03. The fourth-order valence-electron chi connectivity index (χ4n) is 1.57. The minimum absolute atomic E-state index is 0.0540. The van der Waals surface area contributed by atoms with Crippen molar-refractivity contribution in [3.8, 4) is 0 Å². The van der Waals surface area contributed by atoms with Gasteiger partial charge in [0.25, 0.3) is 0 Å². The number of anilines is 1. The number of nitrogens with one attached hydrogen (secondary N) is 1. The summed E-state index contributed by atoms with van der Waals surface area (Å²) in [7, 11) is 0. The molecule has 1 amide bonds. The van der Waals surface area contributed by atoms with E-state index in [1.54, 1.807) is 0 Å². The van der Waals surface area contributed by atoms with Gasteiger partial charge in [-0.2, -0.15) is 0 Å². The maximum absolute atomic E-state index is 11.7. The first-order chi connectivity index (χ1) is 7.70. The lowest BCUT2D eigenvalue weighted by atomic mass is 10.1. The molecule has 1 atom stereocenters. The fraction of sp³-hybridized carbons (Fsp3) is 0.727. The van der Waals surface area contributed by atoms with Crippen molar-refractivity contribution >= 4 is 22.4 Å². The molecule has 16 heavy (non-hydrogen) atoms. The Morgan fingerprint density at radius 3 is 2.94 bits per heavy atom. The molecule has 1 heterocycles. The molecule has 0 radical (unpaired) electrons. The van der Waals surface area contributed by atoms with Gasteiger partial charge in [0.15, 0.2) is 0 Å². The zero-order chi connectivity index (χ0) is 11.5. The van der Waals surface area contributed by atoms with Crippen LogP contribution in [0.3, 0.4) is 0 Å². The van der Waals surface area contributed by atoms with E-state index in [4.69, 9.17) is 0 Å². The molecular formula is C11H17N3OS. The van der Waals surface area contributed by atoms with Gasteiger partial charge in [0.1, 0.15) is 5.01 Å². The van der Waals surface area contributed by atoms with Crippen LogP contribution in [0.4, 0.5) is 5.13 Å². The van der Waals surface area contributed by atoms with Crippen LogP contribution in [0.1, 0.15) is 50.5 Å². The van der Waals surface area contributed by atoms with E-state index in [0.717, 1.165) is 17.8 Å². The molecule has 4 nitrogen and oxygen atoms in total. The lowest BCUT2D eigenvalue weighted by molar-refractivity contribution is -0.119. The monoisotopic (exact) mass is 239 g/mol. The zero-order valence-corrected chi connectivity index (χ0v) is 10.5. The number of aromatic nitrogens is 2. The summed E-state index contributed by atoms with van der Waals surface area (Å²) in [6.07, 6.45) is 4.38. The van der Waals surface area contributed by atoms with E-state index in [1.807, 2.05) is 6.92 Å². The molecule has 0 spiro atoms. The van der Waals surface area contributed by atoms with E-state index in [9.17, 15) is 4.79 Å². The summed E-state index contributed by atoms with van der Waals surface area (Å²) < 4.78 is 0. The number of hydrogen-bond donors (Lipinski definition) is 1. The smallest absolute Gasteiger partial charge is 0.229 e. The first kappa shape index (κ1) is 11.5. The number of nitrogens with zero attached hydrogens (tertiary/aromatic N) is 2. The Morgan fingerprint density at radius 2 is 2.31 bits per heavy atom. The number of rotatable bonds is 5. The molecule has 1 aliphatic rings. The van der Waals surface area contributed by atoms with Gasteiger partial charge < -0.3 is 5.32 Å². The maximum atomic E-state index is 11.7. The molecule has 0 saturated heterocycles. The molecule has 1 N–H and O–H groups in total. The molecule has 88 valence electrons. The van der Waals surface area contributed by atoms with E-state index in [-0.39, 0.29) is 11.8 Å².